The molecule has 0 spiro atoms. The minimum Gasteiger partial charge on any atom is -0.372 e. The largest absolute Gasteiger partial charge is 0.372 e. The third-order valence-electron chi connectivity index (χ3n) is 9.16. The number of hydrogen-bond acceptors (Lipinski definition) is 2. The first-order valence-corrected chi connectivity index (χ1v) is 18.4. The third kappa shape index (κ3) is 11.7. The summed E-state index contributed by atoms with van der Waals surface area (Å²) in [6.07, 6.45) is 14.8. The van der Waals surface area contributed by atoms with E-state index in [2.05, 4.69) is 112 Å². The van der Waals surface area contributed by atoms with Gasteiger partial charge in [-0.15, -0.1) is 4.79 Å². The molecule has 0 saturated carbocycles. The number of aryl methyl sites for hydroxylation is 2. The molecule has 0 fully saturated rings. The minimum absolute atomic E-state index is 0.771. The van der Waals surface area contributed by atoms with Crippen LogP contribution in [0.1, 0.15) is 148 Å². The molecule has 0 unspecified atom stereocenters. The van der Waals surface area contributed by atoms with Crippen LogP contribution in [0, 0.1) is 0 Å². The zero-order valence-corrected chi connectivity index (χ0v) is 30.3. The molecule has 0 aliphatic heterocycles. The molecular formula is C41H64N4. The van der Waals surface area contributed by atoms with Crippen molar-refractivity contribution in [3.05, 3.63) is 75.3 Å². The van der Waals surface area contributed by atoms with E-state index in [9.17, 15) is 5.53 Å². The first-order chi connectivity index (χ1) is 21.9. The Kier molecular flexibility index (Phi) is 18.3. The normalized spacial score (nSPS) is 11.6. The van der Waals surface area contributed by atoms with Gasteiger partial charge in [-0.25, -0.2) is 0 Å². The molecule has 2 rings (SSSR count). The molecule has 0 saturated heterocycles. The molecule has 248 valence electrons. The highest BCUT2D eigenvalue weighted by molar-refractivity contribution is 5.89. The van der Waals surface area contributed by atoms with Crippen molar-refractivity contribution in [3.8, 4) is 0 Å². The minimum atomic E-state index is 0.771. The Morgan fingerprint density at radius 2 is 1.07 bits per heavy atom. The van der Waals surface area contributed by atoms with E-state index >= 15 is 0 Å². The Bertz CT molecular complexity index is 1210. The standard InChI is InChI=1S/C41H64N4/c1-9-17-20-23-33-26-34(24-21-18-10-2)28-36(27-33)41(40(25-22-19-11-3)35(12-4)32-43-42)37-29-38(44(13-5)14-6)31-39(30-37)45(15-7)16-8/h26-31H,9-25H2,1-8H3. The maximum absolute atomic E-state index is 9.76. The lowest BCUT2D eigenvalue weighted by molar-refractivity contribution is 0.00743. The number of anilines is 2. The van der Waals surface area contributed by atoms with E-state index < -0.39 is 0 Å². The SMILES string of the molecule is CCCCCC(C(=C=[N+]=[N-])CC)=C(c1cc(CCCCC)cc(CCCCC)c1)c1cc(N(CC)CC)cc(N(CC)CC)c1. The summed E-state index contributed by atoms with van der Waals surface area (Å²) in [4.78, 5) is 8.40. The third-order valence-corrected chi connectivity index (χ3v) is 9.16. The van der Waals surface area contributed by atoms with Crippen LogP contribution in [-0.4, -0.2) is 36.8 Å². The summed E-state index contributed by atoms with van der Waals surface area (Å²) in [7, 11) is 0. The molecule has 2 aromatic rings. The van der Waals surface area contributed by atoms with Crippen LogP contribution in [0.4, 0.5) is 11.4 Å². The van der Waals surface area contributed by atoms with E-state index in [0.717, 1.165) is 63.9 Å². The molecule has 0 atom stereocenters. The van der Waals surface area contributed by atoms with Crippen molar-refractivity contribution in [3.63, 3.8) is 0 Å². The Labute approximate surface area is 277 Å². The average molecular weight is 613 g/mol. The van der Waals surface area contributed by atoms with Crippen molar-refractivity contribution < 1.29 is 4.79 Å². The highest BCUT2D eigenvalue weighted by atomic mass is 15.1. The number of benzene rings is 2. The Hall–Kier alpha value is -3.06. The molecule has 45 heavy (non-hydrogen) atoms. The average Bonchev–Trinajstić information content (AvgIpc) is 3.05. The second kappa shape index (κ2) is 21.6. The van der Waals surface area contributed by atoms with Gasteiger partial charge in [0.2, 0.25) is 0 Å². The molecule has 0 aliphatic carbocycles. The predicted molar refractivity (Wildman–Crippen MR) is 199 cm³/mol. The van der Waals surface area contributed by atoms with Crippen LogP contribution in [0.5, 0.6) is 0 Å². The van der Waals surface area contributed by atoms with Crippen LogP contribution in [0.15, 0.2) is 47.5 Å². The molecule has 0 N–H and O–H groups in total. The van der Waals surface area contributed by atoms with Gasteiger partial charge in [-0.05, 0) is 124 Å². The van der Waals surface area contributed by atoms with Crippen LogP contribution >= 0.6 is 0 Å². The van der Waals surface area contributed by atoms with Crippen LogP contribution < -0.4 is 9.80 Å². The second-order valence-corrected chi connectivity index (χ2v) is 12.4. The first-order valence-electron chi connectivity index (χ1n) is 18.4. The molecule has 0 bridgehead atoms. The van der Waals surface area contributed by atoms with Gasteiger partial charge in [-0.3, -0.25) is 0 Å². The van der Waals surface area contributed by atoms with Crippen LogP contribution in [-0.2, 0) is 12.8 Å². The summed E-state index contributed by atoms with van der Waals surface area (Å²) in [6, 6.07) is 14.6. The van der Waals surface area contributed by atoms with Crippen molar-refractivity contribution in [2.24, 2.45) is 0 Å². The van der Waals surface area contributed by atoms with Crippen molar-refractivity contribution in [1.29, 1.82) is 0 Å². The Morgan fingerprint density at radius 1 is 0.600 bits per heavy atom. The number of rotatable bonds is 22. The van der Waals surface area contributed by atoms with Gasteiger partial charge in [0.1, 0.15) is 0 Å². The van der Waals surface area contributed by atoms with Gasteiger partial charge in [0.15, 0.2) is 0 Å². The maximum atomic E-state index is 9.76. The summed E-state index contributed by atoms with van der Waals surface area (Å²) in [5, 5.41) is 0. The second-order valence-electron chi connectivity index (χ2n) is 12.4. The number of allylic oxidation sites excluding steroid dienone is 2. The molecular weight excluding hydrogens is 548 g/mol. The van der Waals surface area contributed by atoms with Gasteiger partial charge < -0.3 is 15.3 Å². The number of hydrogen-bond donors (Lipinski definition) is 0. The van der Waals surface area contributed by atoms with E-state index in [-0.39, 0.29) is 0 Å². The molecule has 0 heterocycles. The number of nitrogens with zero attached hydrogens (tertiary/aromatic N) is 4. The quantitative estimate of drug-likeness (QED) is 0.0436. The van der Waals surface area contributed by atoms with Gasteiger partial charge in [-0.1, -0.05) is 84.4 Å². The van der Waals surface area contributed by atoms with E-state index in [1.807, 2.05) is 0 Å². The maximum Gasteiger partial charge on any atom is 0.303 e. The van der Waals surface area contributed by atoms with Crippen molar-refractivity contribution in [2.45, 2.75) is 139 Å². The van der Waals surface area contributed by atoms with Crippen LogP contribution in [0.25, 0.3) is 11.1 Å². The summed E-state index contributed by atoms with van der Waals surface area (Å²) >= 11 is 0. The fourth-order valence-corrected chi connectivity index (χ4v) is 6.55. The molecule has 0 aliphatic rings. The molecule has 0 radical (unpaired) electrons. The smallest absolute Gasteiger partial charge is 0.303 e. The van der Waals surface area contributed by atoms with Crippen molar-refractivity contribution in [1.82, 2.24) is 0 Å². The fourth-order valence-electron chi connectivity index (χ4n) is 6.55. The van der Waals surface area contributed by atoms with Crippen LogP contribution in [0.2, 0.25) is 0 Å². The molecule has 0 aromatic heterocycles. The van der Waals surface area contributed by atoms with E-state index in [0.29, 0.717) is 0 Å². The Balaban J connectivity index is 3.09. The monoisotopic (exact) mass is 613 g/mol. The van der Waals surface area contributed by atoms with E-state index in [1.165, 1.54) is 96.1 Å². The highest BCUT2D eigenvalue weighted by Crippen LogP contribution is 2.39. The molecule has 4 heteroatoms. The lowest BCUT2D eigenvalue weighted by Crippen LogP contribution is -2.25. The zero-order valence-electron chi connectivity index (χ0n) is 30.3. The van der Waals surface area contributed by atoms with Crippen molar-refractivity contribution in [2.75, 3.05) is 36.0 Å². The summed E-state index contributed by atoms with van der Waals surface area (Å²) in [5.41, 5.74) is 21.3. The van der Waals surface area contributed by atoms with Crippen molar-refractivity contribution >= 4 is 22.8 Å². The van der Waals surface area contributed by atoms with Gasteiger partial charge in [0, 0.05) is 37.6 Å². The van der Waals surface area contributed by atoms with Gasteiger partial charge >= 0.3 is 5.87 Å². The van der Waals surface area contributed by atoms with E-state index in [1.54, 1.807) is 0 Å². The van der Waals surface area contributed by atoms with Gasteiger partial charge in [0.25, 0.3) is 0 Å². The topological polar surface area (TPSA) is 42.9 Å². The summed E-state index contributed by atoms with van der Waals surface area (Å²) in [5.74, 6) is 3.03. The highest BCUT2D eigenvalue weighted by Gasteiger charge is 2.21. The zero-order chi connectivity index (χ0) is 33.0. The summed E-state index contributed by atoms with van der Waals surface area (Å²) in [6.45, 7) is 21.8. The fraction of sp³-hybridized carbons (Fsp3) is 0.610. The Morgan fingerprint density at radius 3 is 1.49 bits per heavy atom. The molecule has 4 nitrogen and oxygen atoms in total. The van der Waals surface area contributed by atoms with Gasteiger partial charge in [-0.2, -0.15) is 0 Å². The first kappa shape index (κ1) is 38.1. The predicted octanol–water partition coefficient (Wildman–Crippen LogP) is 11.5. The van der Waals surface area contributed by atoms with Crippen LogP contribution in [0.3, 0.4) is 0 Å². The molecule has 2 aromatic carbocycles. The lowest BCUT2D eigenvalue weighted by Gasteiger charge is -2.28. The lowest BCUT2D eigenvalue weighted by atomic mass is 9.84. The van der Waals surface area contributed by atoms with E-state index in [4.69, 9.17) is 0 Å². The summed E-state index contributed by atoms with van der Waals surface area (Å²) < 4.78 is 0. The van der Waals surface area contributed by atoms with Gasteiger partial charge in [0.05, 0.1) is 5.57 Å². The number of unbranched alkanes of at least 4 members (excludes halogenated alkanes) is 6. The molecule has 0 amide bonds.